The molecule has 0 fully saturated rings. The van der Waals surface area contributed by atoms with E-state index in [0.717, 1.165) is 0 Å². The Morgan fingerprint density at radius 1 is 1.53 bits per heavy atom. The smallest absolute Gasteiger partial charge is 0.129 e. The molecule has 1 aromatic heterocycles. The molecule has 3 N–H and O–H groups in total. The summed E-state index contributed by atoms with van der Waals surface area (Å²) in [6.45, 7) is 6.18. The fraction of sp³-hybridized carbons (Fsp3) is 0.545. The SMILES string of the molecule is CC(C)(C)CC(O)c1cc(Cl)cnc1N. The number of hydrogen-bond acceptors (Lipinski definition) is 3. The van der Waals surface area contributed by atoms with Crippen LogP contribution >= 0.6 is 11.6 Å². The molecular formula is C11H17ClN2O. The van der Waals surface area contributed by atoms with E-state index in [-0.39, 0.29) is 5.41 Å². The molecule has 0 amide bonds. The lowest BCUT2D eigenvalue weighted by Gasteiger charge is -2.23. The Morgan fingerprint density at radius 2 is 2.13 bits per heavy atom. The van der Waals surface area contributed by atoms with E-state index in [2.05, 4.69) is 25.8 Å². The highest BCUT2D eigenvalue weighted by Crippen LogP contribution is 2.32. The van der Waals surface area contributed by atoms with Crippen LogP contribution in [0, 0.1) is 5.41 Å². The van der Waals surface area contributed by atoms with E-state index >= 15 is 0 Å². The van der Waals surface area contributed by atoms with Gasteiger partial charge in [0.15, 0.2) is 0 Å². The van der Waals surface area contributed by atoms with E-state index in [1.807, 2.05) is 0 Å². The van der Waals surface area contributed by atoms with Gasteiger partial charge in [-0.15, -0.1) is 0 Å². The fourth-order valence-corrected chi connectivity index (χ4v) is 1.59. The van der Waals surface area contributed by atoms with Crippen LogP contribution in [0.1, 0.15) is 38.9 Å². The summed E-state index contributed by atoms with van der Waals surface area (Å²) in [5, 5.41) is 10.5. The molecule has 15 heavy (non-hydrogen) atoms. The van der Waals surface area contributed by atoms with Crippen molar-refractivity contribution in [1.82, 2.24) is 4.98 Å². The monoisotopic (exact) mass is 228 g/mol. The number of aliphatic hydroxyl groups is 1. The van der Waals surface area contributed by atoms with Crippen LogP contribution in [0.4, 0.5) is 5.82 Å². The lowest BCUT2D eigenvalue weighted by atomic mass is 9.87. The van der Waals surface area contributed by atoms with Crippen LogP contribution in [0.2, 0.25) is 5.02 Å². The van der Waals surface area contributed by atoms with Crippen molar-refractivity contribution >= 4 is 17.4 Å². The van der Waals surface area contributed by atoms with Gasteiger partial charge < -0.3 is 10.8 Å². The summed E-state index contributed by atoms with van der Waals surface area (Å²) in [7, 11) is 0. The van der Waals surface area contributed by atoms with E-state index in [4.69, 9.17) is 17.3 Å². The minimum atomic E-state index is -0.615. The fourth-order valence-electron chi connectivity index (χ4n) is 1.42. The number of nitrogen functional groups attached to an aromatic ring is 1. The topological polar surface area (TPSA) is 59.1 Å². The molecule has 3 nitrogen and oxygen atoms in total. The second-order valence-electron chi connectivity index (χ2n) is 4.91. The van der Waals surface area contributed by atoms with Gasteiger partial charge in [-0.3, -0.25) is 0 Å². The van der Waals surface area contributed by atoms with E-state index in [0.29, 0.717) is 22.8 Å². The predicted octanol–water partition coefficient (Wildman–Crippen LogP) is 2.79. The van der Waals surface area contributed by atoms with Crippen molar-refractivity contribution in [3.8, 4) is 0 Å². The number of halogens is 1. The van der Waals surface area contributed by atoms with Crippen LogP contribution in [0.3, 0.4) is 0 Å². The van der Waals surface area contributed by atoms with Gasteiger partial charge in [-0.1, -0.05) is 32.4 Å². The molecule has 0 aliphatic rings. The predicted molar refractivity (Wildman–Crippen MR) is 62.7 cm³/mol. The first-order chi connectivity index (χ1) is 6.79. The summed E-state index contributed by atoms with van der Waals surface area (Å²) in [6, 6.07) is 1.67. The van der Waals surface area contributed by atoms with Crippen LogP contribution < -0.4 is 5.73 Å². The molecule has 1 aromatic rings. The molecule has 84 valence electrons. The van der Waals surface area contributed by atoms with E-state index in [9.17, 15) is 5.11 Å². The third kappa shape index (κ3) is 3.68. The second-order valence-corrected chi connectivity index (χ2v) is 5.35. The third-order valence-electron chi connectivity index (χ3n) is 2.08. The first-order valence-electron chi connectivity index (χ1n) is 4.88. The van der Waals surface area contributed by atoms with Gasteiger partial charge in [0, 0.05) is 11.8 Å². The normalized spacial score (nSPS) is 13.9. The number of nitrogens with zero attached hydrogens (tertiary/aromatic N) is 1. The molecule has 0 aliphatic heterocycles. The van der Waals surface area contributed by atoms with Crippen molar-refractivity contribution in [2.75, 3.05) is 5.73 Å². The van der Waals surface area contributed by atoms with Gasteiger partial charge in [0.1, 0.15) is 5.82 Å². The number of anilines is 1. The highest BCUT2D eigenvalue weighted by molar-refractivity contribution is 6.30. The van der Waals surface area contributed by atoms with Gasteiger partial charge in [-0.25, -0.2) is 4.98 Å². The van der Waals surface area contributed by atoms with Crippen LogP contribution in [0.15, 0.2) is 12.3 Å². The Labute approximate surface area is 95.3 Å². The van der Waals surface area contributed by atoms with E-state index in [1.165, 1.54) is 6.20 Å². The quantitative estimate of drug-likeness (QED) is 0.819. The molecule has 0 spiro atoms. The molecule has 0 saturated heterocycles. The van der Waals surface area contributed by atoms with Crippen molar-refractivity contribution < 1.29 is 5.11 Å². The number of pyridine rings is 1. The number of nitrogens with two attached hydrogens (primary N) is 1. The zero-order chi connectivity index (χ0) is 11.6. The lowest BCUT2D eigenvalue weighted by molar-refractivity contribution is 0.123. The summed E-state index contributed by atoms with van der Waals surface area (Å²) in [5.74, 6) is 0.344. The first kappa shape index (κ1) is 12.3. The van der Waals surface area contributed by atoms with Gasteiger partial charge in [0.2, 0.25) is 0 Å². The van der Waals surface area contributed by atoms with Crippen molar-refractivity contribution in [3.05, 3.63) is 22.8 Å². The Morgan fingerprint density at radius 3 is 2.67 bits per heavy atom. The maximum Gasteiger partial charge on any atom is 0.129 e. The Hall–Kier alpha value is -0.800. The summed E-state index contributed by atoms with van der Waals surface area (Å²) < 4.78 is 0. The molecule has 0 saturated carbocycles. The maximum absolute atomic E-state index is 9.98. The first-order valence-corrected chi connectivity index (χ1v) is 5.26. The summed E-state index contributed by atoms with van der Waals surface area (Å²) >= 11 is 5.80. The average Bonchev–Trinajstić information content (AvgIpc) is 2.06. The Balaban J connectivity index is 2.90. The molecule has 1 rings (SSSR count). The van der Waals surface area contributed by atoms with Gasteiger partial charge in [-0.2, -0.15) is 0 Å². The van der Waals surface area contributed by atoms with Crippen LogP contribution in [0.25, 0.3) is 0 Å². The Bertz CT molecular complexity index is 347. The molecule has 0 aliphatic carbocycles. The largest absolute Gasteiger partial charge is 0.388 e. The molecule has 1 atom stereocenters. The zero-order valence-corrected chi connectivity index (χ0v) is 10.0. The molecule has 1 heterocycles. The maximum atomic E-state index is 9.98. The van der Waals surface area contributed by atoms with E-state index in [1.54, 1.807) is 6.07 Å². The Kier molecular flexibility index (Phi) is 3.58. The highest BCUT2D eigenvalue weighted by Gasteiger charge is 2.20. The molecule has 0 aromatic carbocycles. The highest BCUT2D eigenvalue weighted by atomic mass is 35.5. The van der Waals surface area contributed by atoms with Crippen LogP contribution in [-0.4, -0.2) is 10.1 Å². The van der Waals surface area contributed by atoms with Crippen molar-refractivity contribution in [2.24, 2.45) is 5.41 Å². The molecule has 1 unspecified atom stereocenters. The van der Waals surface area contributed by atoms with Gasteiger partial charge in [0.25, 0.3) is 0 Å². The number of rotatable bonds is 2. The third-order valence-corrected chi connectivity index (χ3v) is 2.29. The van der Waals surface area contributed by atoms with Crippen molar-refractivity contribution in [1.29, 1.82) is 0 Å². The number of aromatic nitrogens is 1. The number of aliphatic hydroxyl groups excluding tert-OH is 1. The van der Waals surface area contributed by atoms with Crippen LogP contribution in [0.5, 0.6) is 0 Å². The molecule has 0 radical (unpaired) electrons. The number of hydrogen-bond donors (Lipinski definition) is 2. The van der Waals surface area contributed by atoms with Crippen molar-refractivity contribution in [3.63, 3.8) is 0 Å². The van der Waals surface area contributed by atoms with Crippen molar-refractivity contribution in [2.45, 2.75) is 33.3 Å². The minimum Gasteiger partial charge on any atom is -0.388 e. The summed E-state index contributed by atoms with van der Waals surface area (Å²) in [4.78, 5) is 3.92. The molecular weight excluding hydrogens is 212 g/mol. The second kappa shape index (κ2) is 4.37. The van der Waals surface area contributed by atoms with Gasteiger partial charge in [0.05, 0.1) is 11.1 Å². The van der Waals surface area contributed by atoms with Crippen LogP contribution in [-0.2, 0) is 0 Å². The standard InChI is InChI=1S/C11H17ClN2O/c1-11(2,3)5-9(15)8-4-7(12)6-14-10(8)13/h4,6,9,15H,5H2,1-3H3,(H2,13,14). The summed E-state index contributed by atoms with van der Waals surface area (Å²) in [5.41, 5.74) is 6.32. The molecule has 4 heteroatoms. The van der Waals surface area contributed by atoms with Gasteiger partial charge in [-0.05, 0) is 17.9 Å². The summed E-state index contributed by atoms with van der Waals surface area (Å²) in [6.07, 6.45) is 1.49. The molecule has 0 bridgehead atoms. The lowest BCUT2D eigenvalue weighted by Crippen LogP contribution is -2.13. The minimum absolute atomic E-state index is 0.0359. The average molecular weight is 229 g/mol. The zero-order valence-electron chi connectivity index (χ0n) is 9.29. The van der Waals surface area contributed by atoms with E-state index < -0.39 is 6.10 Å². The van der Waals surface area contributed by atoms with Gasteiger partial charge >= 0.3 is 0 Å².